The molecule has 8 nitrogen and oxygen atoms in total. The number of hydrogen-bond donors (Lipinski definition) is 2. The van der Waals surface area contributed by atoms with Crippen LogP contribution in [-0.2, 0) is 17.8 Å². The molecule has 2 bridgehead atoms. The molecule has 1 saturated carbocycles. The quantitative estimate of drug-likeness (QED) is 0.749. The number of benzene rings is 1. The number of nitrogens with zero attached hydrogens (tertiary/aromatic N) is 2. The van der Waals surface area contributed by atoms with Crippen molar-refractivity contribution in [1.82, 2.24) is 14.8 Å². The molecule has 2 amide bonds. The van der Waals surface area contributed by atoms with Crippen molar-refractivity contribution < 1.29 is 23.8 Å². The number of pyridine rings is 1. The van der Waals surface area contributed by atoms with Crippen molar-refractivity contribution in [3.05, 3.63) is 62.3 Å². The van der Waals surface area contributed by atoms with Crippen LogP contribution in [0, 0.1) is 5.82 Å². The largest absolute Gasteiger partial charge is 0.503 e. The maximum absolute atomic E-state index is 13.9. The van der Waals surface area contributed by atoms with Gasteiger partial charge in [-0.2, -0.15) is 0 Å². The van der Waals surface area contributed by atoms with Crippen LogP contribution in [0.2, 0.25) is 5.02 Å². The molecule has 1 aromatic carbocycles. The molecule has 3 aliphatic rings. The molecular formula is C21H19ClFN3O5. The molecule has 5 rings (SSSR count). The van der Waals surface area contributed by atoms with E-state index in [0.717, 1.165) is 25.3 Å². The highest BCUT2D eigenvalue weighted by Crippen LogP contribution is 2.38. The molecule has 1 aliphatic carbocycles. The number of fused-ring (bicyclic) bond motifs is 5. The second-order valence-electron chi connectivity index (χ2n) is 8.03. The number of nitrogens with one attached hydrogen (secondary N) is 1. The van der Waals surface area contributed by atoms with Gasteiger partial charge in [0.2, 0.25) is 5.43 Å². The fourth-order valence-corrected chi connectivity index (χ4v) is 4.81. The summed E-state index contributed by atoms with van der Waals surface area (Å²) in [7, 11) is 0. The number of hydrogen-bond acceptors (Lipinski definition) is 5. The number of carbonyl (C=O) groups excluding carboxylic acids is 2. The van der Waals surface area contributed by atoms with Crippen molar-refractivity contribution in [3.8, 4) is 5.75 Å². The summed E-state index contributed by atoms with van der Waals surface area (Å²) in [6.07, 6.45) is 3.26. The Balaban J connectivity index is 1.43. The van der Waals surface area contributed by atoms with Gasteiger partial charge in [-0.1, -0.05) is 17.7 Å². The molecule has 2 fully saturated rings. The van der Waals surface area contributed by atoms with E-state index in [-0.39, 0.29) is 47.1 Å². The third-order valence-electron chi connectivity index (χ3n) is 6.16. The minimum atomic E-state index is -0.950. The molecule has 2 aromatic rings. The smallest absolute Gasteiger partial charge is 0.276 e. The summed E-state index contributed by atoms with van der Waals surface area (Å²) in [5.74, 6) is -2.63. The third kappa shape index (κ3) is 3.28. The Kier molecular flexibility index (Phi) is 4.75. The first-order chi connectivity index (χ1) is 14.8. The number of carbonyl (C=O) groups is 2. The number of ether oxygens (including phenoxy) is 1. The number of aromatic hydroxyl groups is 1. The zero-order chi connectivity index (χ0) is 21.9. The Bertz CT molecular complexity index is 1170. The topological polar surface area (TPSA) is 101 Å². The van der Waals surface area contributed by atoms with Crippen LogP contribution < -0.4 is 10.7 Å². The van der Waals surface area contributed by atoms with Crippen molar-refractivity contribution in [2.45, 2.75) is 50.7 Å². The van der Waals surface area contributed by atoms with Gasteiger partial charge < -0.3 is 24.6 Å². The summed E-state index contributed by atoms with van der Waals surface area (Å²) in [4.78, 5) is 39.9. The van der Waals surface area contributed by atoms with Gasteiger partial charge in [0.15, 0.2) is 17.7 Å². The maximum atomic E-state index is 13.9. The van der Waals surface area contributed by atoms with E-state index in [1.165, 1.54) is 22.9 Å². The normalized spacial score (nSPS) is 24.0. The van der Waals surface area contributed by atoms with Gasteiger partial charge in [-0.3, -0.25) is 14.4 Å². The van der Waals surface area contributed by atoms with Gasteiger partial charge in [-0.25, -0.2) is 4.39 Å². The molecule has 162 valence electrons. The first-order valence-electron chi connectivity index (χ1n) is 10.00. The second kappa shape index (κ2) is 7.35. The second-order valence-corrected chi connectivity index (χ2v) is 8.47. The summed E-state index contributed by atoms with van der Waals surface area (Å²) in [5.41, 5.74) is -1.24. The molecule has 10 heteroatoms. The molecule has 1 saturated heterocycles. The average Bonchev–Trinajstić information content (AvgIpc) is 3.10. The molecule has 0 radical (unpaired) electrons. The lowest BCUT2D eigenvalue weighted by Gasteiger charge is -2.44. The van der Waals surface area contributed by atoms with E-state index in [2.05, 4.69) is 5.32 Å². The van der Waals surface area contributed by atoms with Crippen molar-refractivity contribution in [2.75, 3.05) is 0 Å². The van der Waals surface area contributed by atoms with Crippen molar-refractivity contribution in [2.24, 2.45) is 0 Å². The van der Waals surface area contributed by atoms with E-state index < -0.39 is 35.0 Å². The third-order valence-corrected chi connectivity index (χ3v) is 6.39. The first-order valence-corrected chi connectivity index (χ1v) is 10.4. The fourth-order valence-electron chi connectivity index (χ4n) is 4.65. The van der Waals surface area contributed by atoms with E-state index in [1.54, 1.807) is 4.90 Å². The minimum Gasteiger partial charge on any atom is -0.503 e. The lowest BCUT2D eigenvalue weighted by Crippen LogP contribution is -2.57. The van der Waals surface area contributed by atoms with Crippen LogP contribution in [0.4, 0.5) is 4.39 Å². The van der Waals surface area contributed by atoms with Crippen LogP contribution >= 0.6 is 11.6 Å². The molecule has 3 heterocycles. The lowest BCUT2D eigenvalue weighted by atomic mass is 10.1. The van der Waals surface area contributed by atoms with Gasteiger partial charge in [0.1, 0.15) is 11.4 Å². The van der Waals surface area contributed by atoms with Crippen molar-refractivity contribution in [1.29, 1.82) is 0 Å². The van der Waals surface area contributed by atoms with Crippen molar-refractivity contribution >= 4 is 23.4 Å². The van der Waals surface area contributed by atoms with E-state index in [0.29, 0.717) is 0 Å². The zero-order valence-electron chi connectivity index (χ0n) is 16.3. The molecule has 0 unspecified atom stereocenters. The first kappa shape index (κ1) is 20.0. The Labute approximate surface area is 181 Å². The summed E-state index contributed by atoms with van der Waals surface area (Å²) in [5, 5.41) is 13.2. The van der Waals surface area contributed by atoms with Crippen molar-refractivity contribution in [3.63, 3.8) is 0 Å². The number of rotatable bonds is 3. The molecular weight excluding hydrogens is 429 g/mol. The van der Waals surface area contributed by atoms with Crippen LogP contribution in [-0.4, -0.2) is 44.8 Å². The van der Waals surface area contributed by atoms with Gasteiger partial charge >= 0.3 is 0 Å². The molecule has 0 spiro atoms. The molecule has 1 aromatic heterocycles. The standard InChI is InChI=1S/C21H19ClFN3O5/c22-11-2-1-10(15(23)5-11)7-24-20(29)14-8-25-9-16-26(12-3-4-13(6-12)31-16)21(30)17(25)19(28)18(14)27/h1-2,5,8,12-13,16,28H,3-4,6-7,9H2,(H,24,29)/t12-,13+,16+/m1/s1. The number of aromatic nitrogens is 1. The Morgan fingerprint density at radius 3 is 2.90 bits per heavy atom. The zero-order valence-corrected chi connectivity index (χ0v) is 17.1. The predicted molar refractivity (Wildman–Crippen MR) is 107 cm³/mol. The summed E-state index contributed by atoms with van der Waals surface area (Å²) in [6, 6.07) is 4.06. The highest BCUT2D eigenvalue weighted by atomic mass is 35.5. The monoisotopic (exact) mass is 447 g/mol. The van der Waals surface area contributed by atoms with Crippen LogP contribution in [0.3, 0.4) is 0 Å². The Morgan fingerprint density at radius 2 is 2.13 bits per heavy atom. The van der Waals surface area contributed by atoms with Gasteiger partial charge in [0.05, 0.1) is 12.6 Å². The van der Waals surface area contributed by atoms with Gasteiger partial charge in [0, 0.05) is 29.4 Å². The van der Waals surface area contributed by atoms with Crippen LogP contribution in [0.25, 0.3) is 0 Å². The van der Waals surface area contributed by atoms with Gasteiger partial charge in [-0.05, 0) is 31.4 Å². The SMILES string of the molecule is O=C(NCc1ccc(Cl)cc1F)c1cn2c(c(O)c1=O)C(=O)N1[C@@H]3CC[C@@H](C3)O[C@H]1C2. The molecule has 3 atom stereocenters. The summed E-state index contributed by atoms with van der Waals surface area (Å²) < 4.78 is 21.3. The van der Waals surface area contributed by atoms with Crippen LogP contribution in [0.15, 0.2) is 29.2 Å². The minimum absolute atomic E-state index is 0.0248. The van der Waals surface area contributed by atoms with Gasteiger partial charge in [0.25, 0.3) is 11.8 Å². The Hall–Kier alpha value is -2.91. The number of amides is 2. The van der Waals surface area contributed by atoms with Gasteiger partial charge in [-0.15, -0.1) is 0 Å². The maximum Gasteiger partial charge on any atom is 0.276 e. The Morgan fingerprint density at radius 1 is 1.32 bits per heavy atom. The molecule has 2 N–H and O–H groups in total. The summed E-state index contributed by atoms with van der Waals surface area (Å²) >= 11 is 5.72. The van der Waals surface area contributed by atoms with Crippen LogP contribution in [0.5, 0.6) is 5.75 Å². The lowest BCUT2D eigenvalue weighted by molar-refractivity contribution is -0.132. The highest BCUT2D eigenvalue weighted by Gasteiger charge is 2.47. The molecule has 31 heavy (non-hydrogen) atoms. The van der Waals surface area contributed by atoms with E-state index in [4.69, 9.17) is 16.3 Å². The average molecular weight is 448 g/mol. The molecule has 2 aliphatic heterocycles. The van der Waals surface area contributed by atoms with E-state index >= 15 is 0 Å². The van der Waals surface area contributed by atoms with E-state index in [1.807, 2.05) is 0 Å². The van der Waals surface area contributed by atoms with Crippen LogP contribution in [0.1, 0.15) is 45.7 Å². The predicted octanol–water partition coefficient (Wildman–Crippen LogP) is 2.01. The summed E-state index contributed by atoms with van der Waals surface area (Å²) in [6.45, 7) is 0.0274. The highest BCUT2D eigenvalue weighted by molar-refractivity contribution is 6.30. The van der Waals surface area contributed by atoms with E-state index in [9.17, 15) is 23.9 Å². The number of halogens is 2. The fraction of sp³-hybridized carbons (Fsp3) is 0.381.